The molecule has 0 bridgehead atoms. The highest BCUT2D eigenvalue weighted by Gasteiger charge is 2.33. The van der Waals surface area contributed by atoms with Gasteiger partial charge >= 0.3 is 12.4 Å². The number of anilines is 1. The van der Waals surface area contributed by atoms with E-state index in [-0.39, 0.29) is 0 Å². The summed E-state index contributed by atoms with van der Waals surface area (Å²) in [7, 11) is -8.80. The van der Waals surface area contributed by atoms with Crippen molar-refractivity contribution in [3.05, 3.63) is 65.7 Å². The van der Waals surface area contributed by atoms with Crippen LogP contribution in [0.4, 0.5) is 32.0 Å². The Kier molecular flexibility index (Phi) is 7.93. The second kappa shape index (κ2) is 9.87. The first-order valence-corrected chi connectivity index (χ1v) is 12.3. The van der Waals surface area contributed by atoms with Gasteiger partial charge in [0.2, 0.25) is 10.0 Å². The summed E-state index contributed by atoms with van der Waals surface area (Å²) in [6.45, 7) is 2.23. The smallest absolute Gasteiger partial charge is 0.352 e. The predicted molar refractivity (Wildman–Crippen MR) is 112 cm³/mol. The van der Waals surface area contributed by atoms with E-state index in [0.717, 1.165) is 24.3 Å². The van der Waals surface area contributed by atoms with Crippen LogP contribution in [0.25, 0.3) is 0 Å². The molecule has 0 aliphatic carbocycles. The van der Waals surface area contributed by atoms with E-state index in [1.54, 1.807) is 0 Å². The molecule has 0 aromatic heterocycles. The van der Waals surface area contributed by atoms with Gasteiger partial charge in [-0.1, -0.05) is 6.58 Å². The first kappa shape index (κ1) is 28.1. The third-order valence-electron chi connectivity index (χ3n) is 4.41. The second-order valence-electron chi connectivity index (χ2n) is 6.99. The molecule has 0 saturated heterocycles. The number of nitrogens with one attached hydrogen (secondary N) is 2. The van der Waals surface area contributed by atoms with E-state index < -0.39 is 83.5 Å². The first-order valence-electron chi connectivity index (χ1n) is 9.22. The zero-order valence-corrected chi connectivity index (χ0v) is 19.0. The zero-order valence-electron chi connectivity index (χ0n) is 17.4. The fourth-order valence-corrected chi connectivity index (χ4v) is 4.17. The molecule has 192 valence electrons. The largest absolute Gasteiger partial charge is 0.416 e. The topological polar surface area (TPSA) is 135 Å². The molecule has 2 aromatic carbocycles. The second-order valence-corrected chi connectivity index (χ2v) is 10.2. The maximum absolute atomic E-state index is 13.2. The van der Waals surface area contributed by atoms with Gasteiger partial charge in [-0.3, -0.25) is 9.52 Å². The third-order valence-corrected chi connectivity index (χ3v) is 6.72. The van der Waals surface area contributed by atoms with Crippen molar-refractivity contribution in [2.24, 2.45) is 5.14 Å². The fraction of sp³-hybridized carbons (Fsp3) is 0.211. The average Bonchev–Trinajstić information content (AvgIpc) is 2.71. The Morgan fingerprint density at radius 2 is 1.46 bits per heavy atom. The molecule has 0 unspecified atom stereocenters. The number of rotatable bonds is 8. The lowest BCUT2D eigenvalue weighted by Gasteiger charge is -2.16. The van der Waals surface area contributed by atoms with Crippen molar-refractivity contribution in [1.29, 1.82) is 0 Å². The molecule has 35 heavy (non-hydrogen) atoms. The molecule has 16 heteroatoms. The Hall–Kier alpha value is -3.11. The summed E-state index contributed by atoms with van der Waals surface area (Å²) < 4.78 is 127. The monoisotopic (exact) mass is 545 g/mol. The van der Waals surface area contributed by atoms with Gasteiger partial charge in [0.05, 0.1) is 26.6 Å². The number of nitrogens with two attached hydrogens (primary N) is 1. The highest BCUT2D eigenvalue weighted by molar-refractivity contribution is 7.92. The summed E-state index contributed by atoms with van der Waals surface area (Å²) in [5.74, 6) is -1.16. The summed E-state index contributed by atoms with van der Waals surface area (Å²) in [5, 5.41) is 6.97. The van der Waals surface area contributed by atoms with Crippen molar-refractivity contribution in [3.8, 4) is 0 Å². The van der Waals surface area contributed by atoms with E-state index >= 15 is 0 Å². The molecule has 2 aromatic rings. The number of hydrogen-bond donors (Lipinski definition) is 3. The van der Waals surface area contributed by atoms with Crippen LogP contribution < -0.4 is 15.2 Å². The molecule has 1 amide bonds. The zero-order chi connectivity index (χ0) is 26.8. The summed E-state index contributed by atoms with van der Waals surface area (Å²) >= 11 is 0. The van der Waals surface area contributed by atoms with Crippen LogP contribution in [-0.4, -0.2) is 35.5 Å². The quantitative estimate of drug-likeness (QED) is 0.345. The lowest BCUT2D eigenvalue weighted by atomic mass is 10.1. The molecule has 0 atom stereocenters. The standard InChI is InChI=1S/C19H17F6N3O5S2/c1-11(18(20,21)22)8-9-27-17(29)15-7-2-12(19(23,24)25)10-16(15)28-35(32,33)14-5-3-13(4-6-14)34(26,30)31/h2-7,10,28H,1,8-9H2,(H,27,29)(H2,26,30,31). The Bertz CT molecular complexity index is 1340. The molecule has 0 heterocycles. The fourth-order valence-electron chi connectivity index (χ4n) is 2.58. The molecule has 8 nitrogen and oxygen atoms in total. The van der Waals surface area contributed by atoms with Crippen molar-refractivity contribution in [3.63, 3.8) is 0 Å². The van der Waals surface area contributed by atoms with Gasteiger partial charge in [-0.25, -0.2) is 22.0 Å². The predicted octanol–water partition coefficient (Wildman–Crippen LogP) is 3.39. The van der Waals surface area contributed by atoms with Crippen LogP contribution in [-0.2, 0) is 26.2 Å². The van der Waals surface area contributed by atoms with Crippen LogP contribution >= 0.6 is 0 Å². The van der Waals surface area contributed by atoms with E-state index in [2.05, 4.69) is 11.9 Å². The SMILES string of the molecule is C=C(CCNC(=O)c1ccc(C(F)(F)F)cc1NS(=O)(=O)c1ccc(S(N)(=O)=O)cc1)C(F)(F)F. The van der Waals surface area contributed by atoms with Crippen molar-refractivity contribution < 1.29 is 48.0 Å². The molecule has 2 rings (SSSR count). The van der Waals surface area contributed by atoms with E-state index in [9.17, 15) is 48.0 Å². The maximum Gasteiger partial charge on any atom is 0.416 e. The van der Waals surface area contributed by atoms with E-state index in [1.807, 2.05) is 4.72 Å². The number of halogens is 6. The summed E-state index contributed by atoms with van der Waals surface area (Å²) in [6.07, 6.45) is -10.3. The number of sulfonamides is 2. The molecule has 0 radical (unpaired) electrons. The van der Waals surface area contributed by atoms with E-state index in [4.69, 9.17) is 5.14 Å². The molecular formula is C19H17F6N3O5S2. The summed E-state index contributed by atoms with van der Waals surface area (Å²) in [6, 6.07) is 4.80. The van der Waals surface area contributed by atoms with Crippen LogP contribution in [0.1, 0.15) is 22.3 Å². The minimum absolute atomic E-state index is 0.333. The van der Waals surface area contributed by atoms with Crippen molar-refractivity contribution in [2.45, 2.75) is 28.6 Å². The Morgan fingerprint density at radius 1 is 0.914 bits per heavy atom. The van der Waals surface area contributed by atoms with E-state index in [1.165, 1.54) is 0 Å². The summed E-state index contributed by atoms with van der Waals surface area (Å²) in [5.41, 5.74) is -3.90. The number of alkyl halides is 6. The van der Waals surface area contributed by atoms with E-state index in [0.29, 0.717) is 18.2 Å². The van der Waals surface area contributed by atoms with Gasteiger partial charge in [0.15, 0.2) is 0 Å². The number of carbonyl (C=O) groups is 1. The van der Waals surface area contributed by atoms with Gasteiger partial charge < -0.3 is 5.32 Å². The minimum Gasteiger partial charge on any atom is -0.352 e. The van der Waals surface area contributed by atoms with Crippen molar-refractivity contribution in [1.82, 2.24) is 5.32 Å². The molecule has 0 spiro atoms. The molecule has 0 saturated carbocycles. The molecular weight excluding hydrogens is 528 g/mol. The highest BCUT2D eigenvalue weighted by atomic mass is 32.2. The molecule has 0 fully saturated rings. The van der Waals surface area contributed by atoms with Gasteiger partial charge in [-0.05, 0) is 48.9 Å². The van der Waals surface area contributed by atoms with Gasteiger partial charge in [0, 0.05) is 12.1 Å². The number of hydrogen-bond acceptors (Lipinski definition) is 5. The normalized spacial score (nSPS) is 12.8. The highest BCUT2D eigenvalue weighted by Crippen LogP contribution is 2.33. The summed E-state index contributed by atoms with van der Waals surface area (Å²) in [4.78, 5) is 11.4. The number of benzene rings is 2. The molecule has 0 aliphatic heterocycles. The van der Waals surface area contributed by atoms with Crippen LogP contribution in [0.5, 0.6) is 0 Å². The van der Waals surface area contributed by atoms with Crippen LogP contribution in [0.15, 0.2) is 64.4 Å². The molecule has 4 N–H and O–H groups in total. The Labute approximate surface area is 195 Å². The Balaban J connectivity index is 2.38. The van der Waals surface area contributed by atoms with Gasteiger partial charge in [0.25, 0.3) is 15.9 Å². The number of primary sulfonamides is 1. The lowest BCUT2D eigenvalue weighted by molar-refractivity contribution is -0.137. The maximum atomic E-state index is 13.2. The van der Waals surface area contributed by atoms with Crippen LogP contribution in [0.2, 0.25) is 0 Å². The van der Waals surface area contributed by atoms with Gasteiger partial charge in [0.1, 0.15) is 0 Å². The van der Waals surface area contributed by atoms with Gasteiger partial charge in [-0.2, -0.15) is 26.3 Å². The first-order chi connectivity index (χ1) is 15.8. The minimum atomic E-state index is -4.92. The lowest BCUT2D eigenvalue weighted by Crippen LogP contribution is -2.28. The number of carbonyl (C=O) groups excluding carboxylic acids is 1. The molecule has 0 aliphatic rings. The van der Waals surface area contributed by atoms with Crippen LogP contribution in [0, 0.1) is 0 Å². The van der Waals surface area contributed by atoms with Gasteiger partial charge in [-0.15, -0.1) is 0 Å². The van der Waals surface area contributed by atoms with Crippen molar-refractivity contribution >= 4 is 31.6 Å². The van der Waals surface area contributed by atoms with Crippen molar-refractivity contribution in [2.75, 3.05) is 11.3 Å². The number of amides is 1. The van der Waals surface area contributed by atoms with Crippen LogP contribution in [0.3, 0.4) is 0 Å². The third kappa shape index (κ3) is 7.43. The Morgan fingerprint density at radius 3 is 1.94 bits per heavy atom. The average molecular weight is 545 g/mol.